The summed E-state index contributed by atoms with van der Waals surface area (Å²) in [6.45, 7) is 2.43. The Labute approximate surface area is 271 Å². The number of tetrazole rings is 1. The number of thioether (sulfide) groups is 1. The zero-order valence-corrected chi connectivity index (χ0v) is 25.9. The fourth-order valence-corrected chi connectivity index (χ4v) is 5.24. The second kappa shape index (κ2) is 16.0. The van der Waals surface area contributed by atoms with Gasteiger partial charge in [0.05, 0.1) is 41.7 Å². The number of carbonyl (C=O) groups is 2. The molecule has 47 heavy (non-hydrogen) atoms. The van der Waals surface area contributed by atoms with E-state index in [2.05, 4.69) is 25.2 Å². The smallest absolute Gasteiger partial charge is 0.478 e. The minimum Gasteiger partial charge on any atom is -0.478 e. The number of para-hydroxylation sites is 1. The minimum atomic E-state index is -1.04. The molecule has 0 atom stereocenters. The van der Waals surface area contributed by atoms with E-state index in [0.717, 1.165) is 21.5 Å². The molecule has 0 spiro atoms. The van der Waals surface area contributed by atoms with Gasteiger partial charge in [0.1, 0.15) is 6.61 Å². The Morgan fingerprint density at radius 2 is 1.70 bits per heavy atom. The predicted octanol–water partition coefficient (Wildman–Crippen LogP) is 4.36. The molecular formula is C30H31N7O9S. The third-order valence-corrected chi connectivity index (χ3v) is 7.55. The van der Waals surface area contributed by atoms with Crippen LogP contribution in [-0.4, -0.2) is 94.1 Å². The number of aromatic nitrogens is 6. The molecule has 0 unspecified atom stereocenters. The summed E-state index contributed by atoms with van der Waals surface area (Å²) >= 11 is 1.38. The van der Waals surface area contributed by atoms with Crippen molar-refractivity contribution < 1.29 is 44.2 Å². The molecule has 0 amide bonds. The summed E-state index contributed by atoms with van der Waals surface area (Å²) in [5, 5.41) is 38.8. The van der Waals surface area contributed by atoms with Crippen LogP contribution in [0.4, 0.5) is 4.79 Å². The van der Waals surface area contributed by atoms with Crippen LogP contribution in [0.5, 0.6) is 6.01 Å². The van der Waals surface area contributed by atoms with Crippen molar-refractivity contribution in [2.24, 2.45) is 0 Å². The number of imidazole rings is 1. The van der Waals surface area contributed by atoms with Crippen molar-refractivity contribution in [1.29, 1.82) is 0 Å². The third kappa shape index (κ3) is 8.60. The number of rotatable bonds is 16. The fourth-order valence-electron chi connectivity index (χ4n) is 4.65. The minimum absolute atomic E-state index is 0.0768. The Hall–Kier alpha value is -5.07. The van der Waals surface area contributed by atoms with Gasteiger partial charge in [-0.2, -0.15) is 16.7 Å². The highest BCUT2D eigenvalue weighted by atomic mass is 32.2. The lowest BCUT2D eigenvalue weighted by molar-refractivity contribution is -0.490. The maximum atomic E-state index is 12.0. The molecule has 0 aliphatic rings. The molecule has 0 fully saturated rings. The van der Waals surface area contributed by atoms with Crippen molar-refractivity contribution >= 4 is 34.9 Å². The fraction of sp³-hybridized carbons (Fsp3) is 0.267. The van der Waals surface area contributed by atoms with Crippen LogP contribution in [0.15, 0.2) is 66.7 Å². The number of benzene rings is 3. The van der Waals surface area contributed by atoms with Gasteiger partial charge in [0.25, 0.3) is 6.01 Å². The van der Waals surface area contributed by atoms with Crippen LogP contribution < -0.4 is 4.74 Å². The average molecular weight is 666 g/mol. The van der Waals surface area contributed by atoms with Gasteiger partial charge in [-0.3, -0.25) is 15.0 Å². The summed E-state index contributed by atoms with van der Waals surface area (Å²) in [5.41, 5.74) is 4.54. The van der Waals surface area contributed by atoms with E-state index in [1.807, 2.05) is 55.5 Å². The zero-order chi connectivity index (χ0) is 33.2. The highest BCUT2D eigenvalue weighted by molar-refractivity contribution is 7.99. The number of hydrogen-bond donors (Lipinski definition) is 3. The molecular weight excluding hydrogens is 634 g/mol. The molecule has 0 aliphatic heterocycles. The molecule has 3 aromatic carbocycles. The molecule has 16 nitrogen and oxygen atoms in total. The second-order valence-electron chi connectivity index (χ2n) is 9.69. The quantitative estimate of drug-likeness (QED) is 0.0763. The van der Waals surface area contributed by atoms with Crippen LogP contribution >= 0.6 is 11.8 Å². The number of fused-ring (bicyclic) bond motifs is 1. The second-order valence-corrected chi connectivity index (χ2v) is 10.9. The molecule has 2 aromatic heterocycles. The van der Waals surface area contributed by atoms with Crippen molar-refractivity contribution in [3.63, 3.8) is 0 Å². The molecule has 17 heteroatoms. The summed E-state index contributed by atoms with van der Waals surface area (Å²) in [6.07, 6.45) is -0.894. The van der Waals surface area contributed by atoms with E-state index in [0.29, 0.717) is 53.1 Å². The van der Waals surface area contributed by atoms with Gasteiger partial charge in [-0.15, -0.1) is 15.0 Å². The lowest BCUT2D eigenvalue weighted by Crippen LogP contribution is -2.16. The molecule has 0 saturated carbocycles. The van der Waals surface area contributed by atoms with E-state index in [1.165, 1.54) is 11.8 Å². The summed E-state index contributed by atoms with van der Waals surface area (Å²) in [6, 6.07) is 20.7. The topological polar surface area (TPSA) is 196 Å². The lowest BCUT2D eigenvalue weighted by atomic mass is 9.98. The summed E-state index contributed by atoms with van der Waals surface area (Å²) in [5.74, 6) is 0.204. The molecule has 0 bridgehead atoms. The molecule has 5 aromatic rings. The van der Waals surface area contributed by atoms with Gasteiger partial charge >= 0.3 is 12.1 Å². The van der Waals surface area contributed by atoms with Crippen LogP contribution in [-0.2, 0) is 27.6 Å². The van der Waals surface area contributed by atoms with Crippen LogP contribution in [0, 0.1) is 0 Å². The largest absolute Gasteiger partial charge is 0.510 e. The number of ether oxygens (including phenoxy) is 3. The van der Waals surface area contributed by atoms with E-state index in [9.17, 15) is 14.7 Å². The van der Waals surface area contributed by atoms with Gasteiger partial charge < -0.3 is 19.3 Å². The van der Waals surface area contributed by atoms with Crippen LogP contribution in [0.25, 0.3) is 33.5 Å². The van der Waals surface area contributed by atoms with E-state index in [4.69, 9.17) is 24.6 Å². The standard InChI is InChI=1S/C30H31N7O9S/c1-2-43-29-31-25-9-5-8-24(28(38)39)26(25)35(29)18-20-10-12-21(13-11-20)22-6-3-4-7-23(22)27-32-34-36(33-27)19-45-30(40)44-14-16-47-17-15-46-37(41)42/h3-13,41-42H,2,14-19H2,1H3,(H,38,39). The summed E-state index contributed by atoms with van der Waals surface area (Å²) in [4.78, 5) is 33.9. The Balaban J connectivity index is 1.23. The third-order valence-electron chi connectivity index (χ3n) is 6.64. The number of carboxylic acid groups (broad SMARTS) is 1. The van der Waals surface area contributed by atoms with Gasteiger partial charge in [0, 0.05) is 17.1 Å². The molecule has 246 valence electrons. The van der Waals surface area contributed by atoms with Crippen molar-refractivity contribution in [3.05, 3.63) is 77.9 Å². The SMILES string of the molecule is CCOc1nc2cccc(C(=O)O)c2n1Cc1ccc(-c2ccccc2-c2nnn(COC(=O)OCCSCCON(O)O)n2)cc1. The molecule has 0 radical (unpaired) electrons. The molecule has 5 rings (SSSR count). The normalized spacial score (nSPS) is 11.2. The van der Waals surface area contributed by atoms with Crippen LogP contribution in [0.3, 0.4) is 0 Å². The molecule has 0 saturated heterocycles. The monoisotopic (exact) mass is 665 g/mol. The van der Waals surface area contributed by atoms with Crippen molar-refractivity contribution in [1.82, 2.24) is 35.1 Å². The maximum Gasteiger partial charge on any atom is 0.510 e. The number of carbonyl (C=O) groups excluding carboxylic acids is 1. The predicted molar refractivity (Wildman–Crippen MR) is 167 cm³/mol. The first-order valence-corrected chi connectivity index (χ1v) is 15.5. The summed E-state index contributed by atoms with van der Waals surface area (Å²) < 4.78 is 17.6. The van der Waals surface area contributed by atoms with Gasteiger partial charge in [0.2, 0.25) is 12.6 Å². The van der Waals surface area contributed by atoms with Crippen molar-refractivity contribution in [2.45, 2.75) is 20.2 Å². The maximum absolute atomic E-state index is 12.0. The Kier molecular flexibility index (Phi) is 11.3. The lowest BCUT2D eigenvalue weighted by Gasteiger charge is -2.12. The Morgan fingerprint density at radius 1 is 0.936 bits per heavy atom. The first-order valence-electron chi connectivity index (χ1n) is 14.3. The van der Waals surface area contributed by atoms with E-state index < -0.39 is 12.1 Å². The summed E-state index contributed by atoms with van der Waals surface area (Å²) in [7, 11) is 0. The molecule has 2 heterocycles. The molecule has 3 N–H and O–H groups in total. The van der Waals surface area contributed by atoms with Gasteiger partial charge in [-0.25, -0.2) is 14.4 Å². The Bertz CT molecular complexity index is 1810. The van der Waals surface area contributed by atoms with Crippen LogP contribution in [0.2, 0.25) is 0 Å². The number of hydrogen-bond acceptors (Lipinski definition) is 14. The molecule has 0 aliphatic carbocycles. The van der Waals surface area contributed by atoms with Gasteiger partial charge in [-0.1, -0.05) is 54.6 Å². The first kappa shape index (κ1) is 33.3. The highest BCUT2D eigenvalue weighted by Crippen LogP contribution is 2.31. The van der Waals surface area contributed by atoms with E-state index in [1.54, 1.807) is 22.8 Å². The van der Waals surface area contributed by atoms with Crippen LogP contribution in [0.1, 0.15) is 22.8 Å². The average Bonchev–Trinajstić information content (AvgIpc) is 3.68. The van der Waals surface area contributed by atoms with Crippen molar-refractivity contribution in [2.75, 3.05) is 31.3 Å². The number of carboxylic acids is 1. The zero-order valence-electron chi connectivity index (χ0n) is 25.1. The Morgan fingerprint density at radius 3 is 2.45 bits per heavy atom. The number of aromatic carboxylic acids is 1. The van der Waals surface area contributed by atoms with Crippen molar-refractivity contribution in [3.8, 4) is 28.5 Å². The number of nitrogens with zero attached hydrogens (tertiary/aromatic N) is 7. The highest BCUT2D eigenvalue weighted by Gasteiger charge is 2.19. The first-order chi connectivity index (χ1) is 22.8. The van der Waals surface area contributed by atoms with Gasteiger partial charge in [0.15, 0.2) is 0 Å². The van der Waals surface area contributed by atoms with E-state index >= 15 is 0 Å². The van der Waals surface area contributed by atoms with Gasteiger partial charge in [-0.05, 0) is 41.0 Å². The van der Waals surface area contributed by atoms with E-state index in [-0.39, 0.29) is 30.9 Å².